The second-order valence-electron chi connectivity index (χ2n) is 4.37. The Kier molecular flexibility index (Phi) is 4.47. The van der Waals surface area contributed by atoms with Gasteiger partial charge in [0.15, 0.2) is 0 Å². The van der Waals surface area contributed by atoms with Crippen LogP contribution in [0.2, 0.25) is 0 Å². The average molecular weight is 261 g/mol. The summed E-state index contributed by atoms with van der Waals surface area (Å²) in [4.78, 5) is 3.65. The highest BCUT2D eigenvalue weighted by Crippen LogP contribution is 2.20. The first-order valence-corrected chi connectivity index (χ1v) is 6.14. The number of hydrogen-bond donors (Lipinski definition) is 1. The van der Waals surface area contributed by atoms with Crippen molar-refractivity contribution in [1.82, 2.24) is 4.98 Å². The van der Waals surface area contributed by atoms with Crippen LogP contribution in [-0.4, -0.2) is 16.7 Å². The number of rotatable bonds is 5. The van der Waals surface area contributed by atoms with Crippen LogP contribution < -0.4 is 4.74 Å². The summed E-state index contributed by atoms with van der Waals surface area (Å²) in [6, 6.07) is 9.14. The van der Waals surface area contributed by atoms with Gasteiger partial charge in [0.1, 0.15) is 11.6 Å². The first-order valence-electron chi connectivity index (χ1n) is 6.14. The third-order valence-corrected chi connectivity index (χ3v) is 2.81. The van der Waals surface area contributed by atoms with Gasteiger partial charge in [-0.3, -0.25) is 4.98 Å². The summed E-state index contributed by atoms with van der Waals surface area (Å²) >= 11 is 0. The molecule has 1 atom stereocenters. The van der Waals surface area contributed by atoms with Crippen LogP contribution in [0.5, 0.6) is 5.75 Å². The summed E-state index contributed by atoms with van der Waals surface area (Å²) in [5, 5.41) is 9.89. The van der Waals surface area contributed by atoms with E-state index in [4.69, 9.17) is 4.74 Å². The van der Waals surface area contributed by atoms with E-state index in [1.54, 1.807) is 0 Å². The summed E-state index contributed by atoms with van der Waals surface area (Å²) in [6.45, 7) is 2.31. The Labute approximate surface area is 111 Å². The number of aliphatic hydroxyl groups is 1. The largest absolute Gasteiger partial charge is 0.493 e. The number of halogens is 1. The van der Waals surface area contributed by atoms with Gasteiger partial charge in [-0.1, -0.05) is 12.1 Å². The molecule has 0 radical (unpaired) electrons. The van der Waals surface area contributed by atoms with Crippen molar-refractivity contribution >= 4 is 0 Å². The molecule has 0 spiro atoms. The molecule has 0 aliphatic rings. The average Bonchev–Trinajstić information content (AvgIpc) is 2.39. The molecule has 0 saturated carbocycles. The smallest absolute Gasteiger partial charge is 0.147 e. The van der Waals surface area contributed by atoms with Crippen molar-refractivity contribution < 1.29 is 14.2 Å². The number of aliphatic hydroxyl groups excluding tert-OH is 1. The standard InChI is InChI=1S/C15H16FNO2/c1-11-3-2-4-12(9-11)19-8-6-15(18)13-5-7-17-10-14(13)16/h2-5,7,9-10,15,18H,6,8H2,1H3. The highest BCUT2D eigenvalue weighted by atomic mass is 19.1. The van der Waals surface area contributed by atoms with Crippen LogP contribution in [0, 0.1) is 12.7 Å². The van der Waals surface area contributed by atoms with Crippen LogP contribution in [0.4, 0.5) is 4.39 Å². The quantitative estimate of drug-likeness (QED) is 0.899. The molecule has 2 aromatic rings. The lowest BCUT2D eigenvalue weighted by atomic mass is 10.1. The second kappa shape index (κ2) is 6.29. The van der Waals surface area contributed by atoms with Crippen molar-refractivity contribution in [3.05, 3.63) is 59.7 Å². The fraction of sp³-hybridized carbons (Fsp3) is 0.267. The van der Waals surface area contributed by atoms with E-state index < -0.39 is 11.9 Å². The molecule has 0 amide bonds. The van der Waals surface area contributed by atoms with Crippen molar-refractivity contribution in [2.45, 2.75) is 19.4 Å². The molecule has 3 nitrogen and oxygen atoms in total. The first kappa shape index (κ1) is 13.5. The third kappa shape index (κ3) is 3.76. The lowest BCUT2D eigenvalue weighted by Crippen LogP contribution is -2.07. The number of benzene rings is 1. The van der Waals surface area contributed by atoms with Crippen molar-refractivity contribution in [1.29, 1.82) is 0 Å². The summed E-state index contributed by atoms with van der Waals surface area (Å²) in [6.07, 6.45) is 2.01. The Balaban J connectivity index is 1.88. The zero-order valence-electron chi connectivity index (χ0n) is 10.7. The molecule has 1 unspecified atom stereocenters. The molecule has 1 aromatic heterocycles. The van der Waals surface area contributed by atoms with E-state index in [1.807, 2.05) is 31.2 Å². The molecular weight excluding hydrogens is 245 g/mol. The van der Waals surface area contributed by atoms with E-state index in [1.165, 1.54) is 12.3 Å². The maximum Gasteiger partial charge on any atom is 0.147 e. The van der Waals surface area contributed by atoms with Crippen molar-refractivity contribution in [2.24, 2.45) is 0 Å². The molecule has 19 heavy (non-hydrogen) atoms. The van der Waals surface area contributed by atoms with Crippen LogP contribution in [0.15, 0.2) is 42.7 Å². The Morgan fingerprint density at radius 3 is 2.95 bits per heavy atom. The molecule has 0 saturated heterocycles. The summed E-state index contributed by atoms with van der Waals surface area (Å²) < 4.78 is 18.9. The minimum absolute atomic E-state index is 0.253. The van der Waals surface area contributed by atoms with Gasteiger partial charge in [-0.25, -0.2) is 4.39 Å². The predicted molar refractivity (Wildman–Crippen MR) is 70.4 cm³/mol. The van der Waals surface area contributed by atoms with Gasteiger partial charge in [0.2, 0.25) is 0 Å². The van der Waals surface area contributed by atoms with Gasteiger partial charge in [-0.2, -0.15) is 0 Å². The monoisotopic (exact) mass is 261 g/mol. The molecule has 1 heterocycles. The molecule has 0 bridgehead atoms. The fourth-order valence-corrected chi connectivity index (χ4v) is 1.81. The molecular formula is C15H16FNO2. The van der Waals surface area contributed by atoms with E-state index in [9.17, 15) is 9.50 Å². The lowest BCUT2D eigenvalue weighted by Gasteiger charge is -2.12. The van der Waals surface area contributed by atoms with Gasteiger partial charge in [-0.05, 0) is 30.7 Å². The molecule has 0 aliphatic carbocycles. The fourth-order valence-electron chi connectivity index (χ4n) is 1.81. The Morgan fingerprint density at radius 1 is 1.37 bits per heavy atom. The van der Waals surface area contributed by atoms with E-state index in [2.05, 4.69) is 4.98 Å². The number of ether oxygens (including phenoxy) is 1. The van der Waals surface area contributed by atoms with Crippen LogP contribution in [0.25, 0.3) is 0 Å². The Morgan fingerprint density at radius 2 is 2.21 bits per heavy atom. The molecule has 1 N–H and O–H groups in total. The molecule has 2 rings (SSSR count). The minimum Gasteiger partial charge on any atom is -0.493 e. The Hall–Kier alpha value is -1.94. The van der Waals surface area contributed by atoms with E-state index >= 15 is 0 Å². The Bertz CT molecular complexity index is 545. The number of pyridine rings is 1. The second-order valence-corrected chi connectivity index (χ2v) is 4.37. The number of aryl methyl sites for hydroxylation is 1. The molecule has 0 aliphatic heterocycles. The summed E-state index contributed by atoms with van der Waals surface area (Å²) in [7, 11) is 0. The molecule has 1 aromatic carbocycles. The number of hydrogen-bond acceptors (Lipinski definition) is 3. The van der Waals surface area contributed by atoms with Gasteiger partial charge in [0.25, 0.3) is 0 Å². The third-order valence-electron chi connectivity index (χ3n) is 2.81. The number of nitrogens with zero attached hydrogens (tertiary/aromatic N) is 1. The SMILES string of the molecule is Cc1cccc(OCCC(O)c2ccncc2F)c1. The van der Waals surface area contributed by atoms with Crippen molar-refractivity contribution in [2.75, 3.05) is 6.61 Å². The van der Waals surface area contributed by atoms with Crippen LogP contribution in [-0.2, 0) is 0 Å². The van der Waals surface area contributed by atoms with Gasteiger partial charge in [-0.15, -0.1) is 0 Å². The van der Waals surface area contributed by atoms with E-state index in [0.717, 1.165) is 17.5 Å². The van der Waals surface area contributed by atoms with Gasteiger partial charge in [0.05, 0.1) is 18.9 Å². The van der Waals surface area contributed by atoms with Gasteiger partial charge >= 0.3 is 0 Å². The summed E-state index contributed by atoms with van der Waals surface area (Å²) in [5.74, 6) is 0.257. The van der Waals surface area contributed by atoms with Crippen LogP contribution in [0.1, 0.15) is 23.7 Å². The summed E-state index contributed by atoms with van der Waals surface area (Å²) in [5.41, 5.74) is 1.36. The van der Waals surface area contributed by atoms with Crippen LogP contribution in [0.3, 0.4) is 0 Å². The van der Waals surface area contributed by atoms with Gasteiger partial charge in [0, 0.05) is 18.2 Å². The normalized spacial score (nSPS) is 12.2. The first-order chi connectivity index (χ1) is 9.16. The van der Waals surface area contributed by atoms with Crippen molar-refractivity contribution in [3.8, 4) is 5.75 Å². The maximum absolute atomic E-state index is 13.4. The zero-order valence-corrected chi connectivity index (χ0v) is 10.7. The van der Waals surface area contributed by atoms with Crippen molar-refractivity contribution in [3.63, 3.8) is 0 Å². The highest BCUT2D eigenvalue weighted by Gasteiger charge is 2.12. The number of aromatic nitrogens is 1. The molecule has 100 valence electrons. The highest BCUT2D eigenvalue weighted by molar-refractivity contribution is 5.27. The van der Waals surface area contributed by atoms with E-state index in [0.29, 0.717) is 13.0 Å². The predicted octanol–water partition coefficient (Wildman–Crippen LogP) is 3.03. The maximum atomic E-state index is 13.4. The molecule has 4 heteroatoms. The molecule has 0 fully saturated rings. The van der Waals surface area contributed by atoms with Gasteiger partial charge < -0.3 is 9.84 Å². The zero-order chi connectivity index (χ0) is 13.7. The lowest BCUT2D eigenvalue weighted by molar-refractivity contribution is 0.137. The van der Waals surface area contributed by atoms with E-state index in [-0.39, 0.29) is 5.56 Å². The minimum atomic E-state index is -0.882. The van der Waals surface area contributed by atoms with Crippen LogP contribution >= 0.6 is 0 Å². The topological polar surface area (TPSA) is 42.4 Å².